The van der Waals surface area contributed by atoms with E-state index in [-0.39, 0.29) is 35.4 Å². The average Bonchev–Trinajstić information content (AvgIpc) is 2.47. The Morgan fingerprint density at radius 1 is 1.16 bits per heavy atom. The third-order valence-electron chi connectivity index (χ3n) is 3.84. The summed E-state index contributed by atoms with van der Waals surface area (Å²) in [6.07, 6.45) is -9.70. The third-order valence-corrected chi connectivity index (χ3v) is 4.59. The molecule has 25 heavy (non-hydrogen) atoms. The molecule has 1 aliphatic heterocycles. The van der Waals surface area contributed by atoms with Gasteiger partial charge in [0.1, 0.15) is 0 Å². The maximum absolute atomic E-state index is 13.1. The molecule has 0 radical (unpaired) electrons. The SMILES string of the molecule is O=C(Nc1c(Cl)cc(Br)cc1C(F)(F)F)N1CCC(C(F)(F)F)CC1. The molecular formula is C14H12BrClF6N2O. The Balaban J connectivity index is 2.14. The predicted molar refractivity (Wildman–Crippen MR) is 83.5 cm³/mol. The summed E-state index contributed by atoms with van der Waals surface area (Å²) in [6, 6.07) is 1.02. The number of halogens is 8. The maximum Gasteiger partial charge on any atom is 0.418 e. The molecule has 2 rings (SSSR count). The number of piperidine rings is 1. The van der Waals surface area contributed by atoms with Crippen LogP contribution in [-0.2, 0) is 6.18 Å². The molecule has 1 heterocycles. The summed E-state index contributed by atoms with van der Waals surface area (Å²) >= 11 is 8.69. The van der Waals surface area contributed by atoms with Gasteiger partial charge in [-0.15, -0.1) is 0 Å². The van der Waals surface area contributed by atoms with Crippen LogP contribution >= 0.6 is 27.5 Å². The lowest BCUT2D eigenvalue weighted by molar-refractivity contribution is -0.183. The molecule has 1 aromatic carbocycles. The summed E-state index contributed by atoms with van der Waals surface area (Å²) in [5.74, 6) is -1.52. The first-order valence-electron chi connectivity index (χ1n) is 7.08. The Kier molecular flexibility index (Phi) is 5.82. The Hall–Kier alpha value is -1.16. The number of anilines is 1. The number of carbonyl (C=O) groups is 1. The van der Waals surface area contributed by atoms with Gasteiger partial charge >= 0.3 is 18.4 Å². The predicted octanol–water partition coefficient (Wildman–Crippen LogP) is 5.93. The smallest absolute Gasteiger partial charge is 0.325 e. The topological polar surface area (TPSA) is 32.3 Å². The first-order valence-corrected chi connectivity index (χ1v) is 8.25. The van der Waals surface area contributed by atoms with Gasteiger partial charge in [-0.2, -0.15) is 26.3 Å². The molecule has 1 aliphatic rings. The van der Waals surface area contributed by atoms with E-state index in [2.05, 4.69) is 21.2 Å². The van der Waals surface area contributed by atoms with Crippen LogP contribution in [0, 0.1) is 5.92 Å². The monoisotopic (exact) mass is 452 g/mol. The van der Waals surface area contributed by atoms with E-state index in [9.17, 15) is 31.1 Å². The number of hydrogen-bond donors (Lipinski definition) is 1. The van der Waals surface area contributed by atoms with Gasteiger partial charge in [-0.25, -0.2) is 4.79 Å². The highest BCUT2D eigenvalue weighted by Crippen LogP contribution is 2.41. The minimum absolute atomic E-state index is 0.0776. The summed E-state index contributed by atoms with van der Waals surface area (Å²) in [4.78, 5) is 13.2. The summed E-state index contributed by atoms with van der Waals surface area (Å²) in [5.41, 5.74) is -1.77. The van der Waals surface area contributed by atoms with Crippen LogP contribution in [0.25, 0.3) is 0 Å². The van der Waals surface area contributed by atoms with Gasteiger partial charge in [-0.3, -0.25) is 0 Å². The van der Waals surface area contributed by atoms with E-state index in [0.717, 1.165) is 11.0 Å². The highest BCUT2D eigenvalue weighted by Gasteiger charge is 2.42. The second-order valence-corrected chi connectivity index (χ2v) is 6.86. The number of carbonyl (C=O) groups excluding carboxylic acids is 1. The van der Waals surface area contributed by atoms with Crippen LogP contribution in [0.5, 0.6) is 0 Å². The largest absolute Gasteiger partial charge is 0.418 e. The number of benzene rings is 1. The minimum Gasteiger partial charge on any atom is -0.325 e. The second kappa shape index (κ2) is 7.22. The zero-order valence-electron chi connectivity index (χ0n) is 12.4. The fourth-order valence-electron chi connectivity index (χ4n) is 2.52. The molecule has 0 aromatic heterocycles. The minimum atomic E-state index is -4.76. The molecule has 1 N–H and O–H groups in total. The van der Waals surface area contributed by atoms with Gasteiger partial charge in [-0.05, 0) is 25.0 Å². The Labute approximate surface area is 152 Å². The van der Waals surface area contributed by atoms with Gasteiger partial charge in [-0.1, -0.05) is 27.5 Å². The van der Waals surface area contributed by atoms with Crippen molar-refractivity contribution in [2.24, 2.45) is 5.92 Å². The lowest BCUT2D eigenvalue weighted by Gasteiger charge is -2.33. The highest BCUT2D eigenvalue weighted by atomic mass is 79.9. The number of nitrogens with one attached hydrogen (secondary N) is 1. The van der Waals surface area contributed by atoms with E-state index in [1.165, 1.54) is 6.07 Å². The number of rotatable bonds is 1. The summed E-state index contributed by atoms with van der Waals surface area (Å²) in [7, 11) is 0. The Bertz CT molecular complexity index is 656. The van der Waals surface area contributed by atoms with Crippen molar-refractivity contribution in [2.75, 3.05) is 18.4 Å². The van der Waals surface area contributed by atoms with Crippen LogP contribution in [0.4, 0.5) is 36.8 Å². The molecule has 0 saturated carbocycles. The van der Waals surface area contributed by atoms with Crippen molar-refractivity contribution in [2.45, 2.75) is 25.2 Å². The molecule has 0 bridgehead atoms. The first-order chi connectivity index (χ1) is 11.4. The van der Waals surface area contributed by atoms with Crippen molar-refractivity contribution in [3.63, 3.8) is 0 Å². The molecule has 11 heteroatoms. The molecule has 0 unspecified atom stereocenters. The molecule has 0 aliphatic carbocycles. The molecule has 140 valence electrons. The number of nitrogens with zero attached hydrogens (tertiary/aromatic N) is 1. The number of likely N-dealkylation sites (tertiary alicyclic amines) is 1. The van der Waals surface area contributed by atoms with Crippen molar-refractivity contribution in [1.82, 2.24) is 4.90 Å². The third kappa shape index (κ3) is 4.93. The normalized spacial score (nSPS) is 16.9. The van der Waals surface area contributed by atoms with Gasteiger partial charge in [0, 0.05) is 17.6 Å². The molecule has 0 spiro atoms. The van der Waals surface area contributed by atoms with Crippen molar-refractivity contribution < 1.29 is 31.1 Å². The van der Waals surface area contributed by atoms with Gasteiger partial charge in [0.05, 0.1) is 22.2 Å². The van der Waals surface area contributed by atoms with Crippen LogP contribution in [0.15, 0.2) is 16.6 Å². The molecule has 1 saturated heterocycles. The van der Waals surface area contributed by atoms with Crippen LogP contribution in [0.2, 0.25) is 5.02 Å². The van der Waals surface area contributed by atoms with E-state index < -0.39 is 35.6 Å². The van der Waals surface area contributed by atoms with E-state index in [0.29, 0.717) is 0 Å². The Morgan fingerprint density at radius 3 is 2.20 bits per heavy atom. The van der Waals surface area contributed by atoms with Gasteiger partial charge < -0.3 is 10.2 Å². The van der Waals surface area contributed by atoms with Crippen molar-refractivity contribution in [1.29, 1.82) is 0 Å². The van der Waals surface area contributed by atoms with E-state index in [4.69, 9.17) is 11.6 Å². The van der Waals surface area contributed by atoms with Crippen LogP contribution in [0.1, 0.15) is 18.4 Å². The Morgan fingerprint density at radius 2 is 1.72 bits per heavy atom. The molecule has 1 aromatic rings. The fraction of sp³-hybridized carbons (Fsp3) is 0.500. The molecule has 3 nitrogen and oxygen atoms in total. The zero-order valence-corrected chi connectivity index (χ0v) is 14.8. The molecule has 1 fully saturated rings. The molecular weight excluding hydrogens is 442 g/mol. The standard InChI is InChI=1S/C14H12BrClF6N2O/c15-8-5-9(14(20,21)22)11(10(16)6-8)23-12(25)24-3-1-7(2-4-24)13(17,18)19/h5-7H,1-4H2,(H,23,25). The van der Waals surface area contributed by atoms with Crippen molar-refractivity contribution in [3.8, 4) is 0 Å². The summed E-state index contributed by atoms with van der Waals surface area (Å²) in [5, 5.41) is 1.74. The van der Waals surface area contributed by atoms with E-state index in [1.807, 2.05) is 0 Å². The number of alkyl halides is 6. The van der Waals surface area contributed by atoms with E-state index in [1.54, 1.807) is 0 Å². The van der Waals surface area contributed by atoms with Gasteiger partial charge in [0.2, 0.25) is 0 Å². The summed E-state index contributed by atoms with van der Waals surface area (Å²) in [6.45, 7) is -0.406. The van der Waals surface area contributed by atoms with Gasteiger partial charge in [0.25, 0.3) is 0 Å². The second-order valence-electron chi connectivity index (χ2n) is 5.54. The van der Waals surface area contributed by atoms with Crippen LogP contribution in [0.3, 0.4) is 0 Å². The summed E-state index contributed by atoms with van der Waals surface area (Å²) < 4.78 is 77.3. The number of amides is 2. The van der Waals surface area contributed by atoms with Crippen molar-refractivity contribution in [3.05, 3.63) is 27.2 Å². The van der Waals surface area contributed by atoms with Gasteiger partial charge in [0.15, 0.2) is 0 Å². The van der Waals surface area contributed by atoms with Crippen molar-refractivity contribution >= 4 is 39.2 Å². The lowest BCUT2D eigenvalue weighted by Crippen LogP contribution is -2.44. The van der Waals surface area contributed by atoms with Crippen LogP contribution in [-0.4, -0.2) is 30.2 Å². The average molecular weight is 454 g/mol. The highest BCUT2D eigenvalue weighted by molar-refractivity contribution is 9.10. The molecule has 2 amide bonds. The maximum atomic E-state index is 13.1. The lowest BCUT2D eigenvalue weighted by atomic mass is 9.96. The molecule has 0 atom stereocenters. The fourth-order valence-corrected chi connectivity index (χ4v) is 3.38. The van der Waals surface area contributed by atoms with Crippen LogP contribution < -0.4 is 5.32 Å². The quantitative estimate of drug-likeness (QED) is 0.526. The number of urea groups is 1. The number of hydrogen-bond acceptors (Lipinski definition) is 1. The first kappa shape index (κ1) is 20.2. The van der Waals surface area contributed by atoms with E-state index >= 15 is 0 Å². The zero-order chi connectivity index (χ0) is 19.0.